The third-order valence-electron chi connectivity index (χ3n) is 2.94. The molecule has 1 aromatic rings. The lowest BCUT2D eigenvalue weighted by Crippen LogP contribution is -2.25. The summed E-state index contributed by atoms with van der Waals surface area (Å²) in [5.41, 5.74) is 1.22. The first-order valence-electron chi connectivity index (χ1n) is 6.40. The van der Waals surface area contributed by atoms with Gasteiger partial charge in [-0.25, -0.2) is 8.42 Å². The van der Waals surface area contributed by atoms with Crippen molar-refractivity contribution in [3.8, 4) is 0 Å². The summed E-state index contributed by atoms with van der Waals surface area (Å²) in [6, 6.07) is 2.39. The molecule has 0 saturated heterocycles. The highest BCUT2D eigenvalue weighted by atomic mass is 32.2. The second kappa shape index (κ2) is 6.38. The van der Waals surface area contributed by atoms with Crippen molar-refractivity contribution in [3.63, 3.8) is 0 Å². The van der Waals surface area contributed by atoms with Gasteiger partial charge in [0.05, 0.1) is 5.75 Å². The predicted molar refractivity (Wildman–Crippen MR) is 75.4 cm³/mol. The highest BCUT2D eigenvalue weighted by Gasteiger charge is 2.15. The van der Waals surface area contributed by atoms with Crippen LogP contribution >= 0.6 is 0 Å². The topological polar surface area (TPSA) is 51.1 Å². The molecule has 1 unspecified atom stereocenters. The molecule has 0 saturated carbocycles. The molecule has 0 radical (unpaired) electrons. The van der Waals surface area contributed by atoms with Gasteiger partial charge in [-0.2, -0.15) is 0 Å². The van der Waals surface area contributed by atoms with Gasteiger partial charge in [-0.05, 0) is 24.1 Å². The fourth-order valence-electron chi connectivity index (χ4n) is 2.01. The lowest BCUT2D eigenvalue weighted by atomic mass is 9.98. The molecule has 0 bridgehead atoms. The van der Waals surface area contributed by atoms with Crippen molar-refractivity contribution in [1.82, 2.24) is 9.88 Å². The zero-order chi connectivity index (χ0) is 13.8. The second-order valence-corrected chi connectivity index (χ2v) is 7.35. The van der Waals surface area contributed by atoms with Crippen LogP contribution in [0, 0.1) is 5.92 Å². The van der Waals surface area contributed by atoms with Gasteiger partial charge < -0.3 is 9.88 Å². The summed E-state index contributed by atoms with van der Waals surface area (Å²) in [7, 11) is -2.90. The molecule has 0 aromatic carbocycles. The molecule has 0 aliphatic heterocycles. The number of aromatic nitrogens is 1. The normalized spacial score (nSPS) is 14.1. The van der Waals surface area contributed by atoms with Crippen molar-refractivity contribution < 1.29 is 8.42 Å². The molecule has 1 aromatic heterocycles. The largest absolute Gasteiger partial charge is 0.353 e. The number of sulfone groups is 1. The van der Waals surface area contributed by atoms with Crippen molar-refractivity contribution in [1.29, 1.82) is 0 Å². The van der Waals surface area contributed by atoms with Crippen LogP contribution in [0.3, 0.4) is 0 Å². The van der Waals surface area contributed by atoms with Crippen LogP contribution < -0.4 is 5.32 Å². The van der Waals surface area contributed by atoms with Gasteiger partial charge in [-0.1, -0.05) is 20.8 Å². The van der Waals surface area contributed by atoms with Crippen LogP contribution in [-0.4, -0.2) is 31.5 Å². The average Bonchev–Trinajstić information content (AvgIpc) is 2.70. The summed E-state index contributed by atoms with van der Waals surface area (Å²) in [5, 5.41) is 3.45. The highest BCUT2D eigenvalue weighted by molar-refractivity contribution is 7.90. The standard InChI is InChI=1S/C13H24N2O2S/c1-5-14-13(11(2)3)12-6-7-15(10-12)8-9-18(4,16)17/h6-7,10-11,13-14H,5,8-9H2,1-4H3. The van der Waals surface area contributed by atoms with Crippen molar-refractivity contribution in [3.05, 3.63) is 24.0 Å². The van der Waals surface area contributed by atoms with Gasteiger partial charge in [0, 0.05) is 31.2 Å². The molecule has 18 heavy (non-hydrogen) atoms. The summed E-state index contributed by atoms with van der Waals surface area (Å²) >= 11 is 0. The first kappa shape index (κ1) is 15.2. The number of nitrogens with one attached hydrogen (secondary N) is 1. The Kier molecular flexibility index (Phi) is 5.41. The summed E-state index contributed by atoms with van der Waals surface area (Å²) < 4.78 is 24.2. The molecule has 0 aliphatic rings. The Morgan fingerprint density at radius 1 is 1.39 bits per heavy atom. The van der Waals surface area contributed by atoms with E-state index in [1.54, 1.807) is 0 Å². The highest BCUT2D eigenvalue weighted by Crippen LogP contribution is 2.21. The summed E-state index contributed by atoms with van der Waals surface area (Å²) in [4.78, 5) is 0. The molecular formula is C13H24N2O2S. The van der Waals surface area contributed by atoms with Crippen molar-refractivity contribution in [2.24, 2.45) is 5.92 Å². The molecule has 5 heteroatoms. The molecule has 0 spiro atoms. The molecule has 1 N–H and O–H groups in total. The Morgan fingerprint density at radius 3 is 2.56 bits per heavy atom. The number of nitrogens with zero attached hydrogens (tertiary/aromatic N) is 1. The lowest BCUT2D eigenvalue weighted by Gasteiger charge is -2.20. The van der Waals surface area contributed by atoms with Crippen molar-refractivity contribution in [2.45, 2.75) is 33.4 Å². The molecule has 0 aliphatic carbocycles. The first-order valence-corrected chi connectivity index (χ1v) is 8.46. The Bertz CT molecular complexity index is 463. The van der Waals surface area contributed by atoms with E-state index < -0.39 is 9.84 Å². The smallest absolute Gasteiger partial charge is 0.149 e. The molecule has 1 rings (SSSR count). The maximum atomic E-state index is 11.1. The van der Waals surface area contributed by atoms with Gasteiger partial charge in [0.1, 0.15) is 9.84 Å². The fourth-order valence-corrected chi connectivity index (χ4v) is 2.55. The Labute approximate surface area is 110 Å². The van der Waals surface area contributed by atoms with Gasteiger partial charge >= 0.3 is 0 Å². The summed E-state index contributed by atoms with van der Waals surface area (Å²) in [6.07, 6.45) is 5.26. The van der Waals surface area contributed by atoms with Crippen LogP contribution in [0.5, 0.6) is 0 Å². The van der Waals surface area contributed by atoms with E-state index in [0.717, 1.165) is 6.54 Å². The molecule has 4 nitrogen and oxygen atoms in total. The fraction of sp³-hybridized carbons (Fsp3) is 0.692. The Balaban J connectivity index is 2.72. The second-order valence-electron chi connectivity index (χ2n) is 5.09. The van der Waals surface area contributed by atoms with Gasteiger partial charge in [-0.15, -0.1) is 0 Å². The number of hydrogen-bond donors (Lipinski definition) is 1. The van der Waals surface area contributed by atoms with Crippen LogP contribution in [0.1, 0.15) is 32.4 Å². The van der Waals surface area contributed by atoms with Crippen LogP contribution in [0.2, 0.25) is 0 Å². The molecule has 0 fully saturated rings. The molecule has 104 valence electrons. The number of rotatable bonds is 7. The van der Waals surface area contributed by atoms with Gasteiger partial charge in [-0.3, -0.25) is 0 Å². The van der Waals surface area contributed by atoms with Crippen molar-refractivity contribution >= 4 is 9.84 Å². The van der Waals surface area contributed by atoms with E-state index >= 15 is 0 Å². The summed E-state index contributed by atoms with van der Waals surface area (Å²) in [5.74, 6) is 0.699. The number of hydrogen-bond acceptors (Lipinski definition) is 3. The van der Waals surface area contributed by atoms with Crippen LogP contribution in [0.15, 0.2) is 18.5 Å². The number of aryl methyl sites for hydroxylation is 1. The van der Waals surface area contributed by atoms with E-state index in [0.29, 0.717) is 18.5 Å². The zero-order valence-corrected chi connectivity index (χ0v) is 12.5. The molecule has 0 amide bonds. The van der Waals surface area contributed by atoms with Gasteiger partial charge in [0.25, 0.3) is 0 Å². The maximum Gasteiger partial charge on any atom is 0.149 e. The van der Waals surface area contributed by atoms with E-state index in [2.05, 4.69) is 32.2 Å². The van der Waals surface area contributed by atoms with Crippen LogP contribution in [0.4, 0.5) is 0 Å². The Hall–Kier alpha value is -0.810. The van der Waals surface area contributed by atoms with E-state index in [4.69, 9.17) is 0 Å². The van der Waals surface area contributed by atoms with E-state index in [-0.39, 0.29) is 5.75 Å². The summed E-state index contributed by atoms with van der Waals surface area (Å²) in [6.45, 7) is 7.91. The van der Waals surface area contributed by atoms with Crippen molar-refractivity contribution in [2.75, 3.05) is 18.6 Å². The minimum atomic E-state index is -2.90. The Morgan fingerprint density at radius 2 is 2.06 bits per heavy atom. The minimum absolute atomic E-state index is 0.189. The van der Waals surface area contributed by atoms with Gasteiger partial charge in [0.2, 0.25) is 0 Å². The zero-order valence-electron chi connectivity index (χ0n) is 11.7. The average molecular weight is 272 g/mol. The van der Waals surface area contributed by atoms with Crippen LogP contribution in [-0.2, 0) is 16.4 Å². The minimum Gasteiger partial charge on any atom is -0.353 e. The lowest BCUT2D eigenvalue weighted by molar-refractivity contribution is 0.421. The van der Waals surface area contributed by atoms with Crippen LogP contribution in [0.25, 0.3) is 0 Å². The third-order valence-corrected chi connectivity index (χ3v) is 3.87. The van der Waals surface area contributed by atoms with E-state index in [1.807, 2.05) is 17.0 Å². The molecule has 1 heterocycles. The first-order chi connectivity index (χ1) is 8.33. The molecule has 1 atom stereocenters. The SMILES string of the molecule is CCNC(c1ccn(CCS(C)(=O)=O)c1)C(C)C. The quantitative estimate of drug-likeness (QED) is 0.824. The van der Waals surface area contributed by atoms with E-state index in [1.165, 1.54) is 11.8 Å². The van der Waals surface area contributed by atoms with Gasteiger partial charge in [0.15, 0.2) is 0 Å². The maximum absolute atomic E-state index is 11.1. The third kappa shape index (κ3) is 4.82. The van der Waals surface area contributed by atoms with E-state index in [9.17, 15) is 8.42 Å². The monoisotopic (exact) mass is 272 g/mol. The molecular weight excluding hydrogens is 248 g/mol. The predicted octanol–water partition coefficient (Wildman–Crippen LogP) is 1.84.